The fourth-order valence-electron chi connectivity index (χ4n) is 2.00. The Labute approximate surface area is 100 Å². The van der Waals surface area contributed by atoms with Gasteiger partial charge in [-0.05, 0) is 51.0 Å². The van der Waals surface area contributed by atoms with Gasteiger partial charge in [-0.1, -0.05) is 42.4 Å². The highest BCUT2D eigenvalue weighted by atomic mass is 14.1. The molecule has 0 heterocycles. The van der Waals surface area contributed by atoms with Gasteiger partial charge >= 0.3 is 0 Å². The minimum atomic E-state index is 1.15. The Morgan fingerprint density at radius 1 is 1.25 bits per heavy atom. The number of allylic oxidation sites excluding steroid dienone is 6. The third-order valence-corrected chi connectivity index (χ3v) is 3.20. The maximum Gasteiger partial charge on any atom is -0.0239 e. The minimum Gasteiger partial charge on any atom is -0.103 e. The van der Waals surface area contributed by atoms with Crippen molar-refractivity contribution in [3.05, 3.63) is 48.1 Å². The third-order valence-electron chi connectivity index (χ3n) is 3.20. The summed E-state index contributed by atoms with van der Waals surface area (Å²) in [6, 6.07) is 0. The molecule has 0 aliphatic heterocycles. The van der Waals surface area contributed by atoms with Crippen LogP contribution in [0, 0.1) is 0 Å². The highest BCUT2D eigenvalue weighted by molar-refractivity contribution is 5.35. The van der Waals surface area contributed by atoms with Crippen molar-refractivity contribution in [2.75, 3.05) is 0 Å². The monoisotopic (exact) mass is 216 g/mol. The molecule has 0 N–H and O–H groups in total. The van der Waals surface area contributed by atoms with E-state index in [2.05, 4.69) is 32.2 Å². The van der Waals surface area contributed by atoms with Gasteiger partial charge in [0.2, 0.25) is 0 Å². The fourth-order valence-corrected chi connectivity index (χ4v) is 2.00. The van der Waals surface area contributed by atoms with Crippen molar-refractivity contribution >= 4 is 0 Å². The van der Waals surface area contributed by atoms with Gasteiger partial charge in [0.25, 0.3) is 0 Å². The zero-order chi connectivity index (χ0) is 11.8. The molecule has 1 aliphatic carbocycles. The molecule has 0 radical (unpaired) electrons. The summed E-state index contributed by atoms with van der Waals surface area (Å²) in [6.45, 7) is 10.1. The van der Waals surface area contributed by atoms with Gasteiger partial charge in [0, 0.05) is 0 Å². The first-order valence-corrected chi connectivity index (χ1v) is 6.39. The van der Waals surface area contributed by atoms with Crippen LogP contribution in [0.3, 0.4) is 0 Å². The van der Waals surface area contributed by atoms with Gasteiger partial charge in [0.15, 0.2) is 0 Å². The summed E-state index contributed by atoms with van der Waals surface area (Å²) in [4.78, 5) is 0. The number of hydrogen-bond donors (Lipinski definition) is 0. The van der Waals surface area contributed by atoms with Crippen molar-refractivity contribution in [1.82, 2.24) is 0 Å². The van der Waals surface area contributed by atoms with Crippen LogP contribution in [0.15, 0.2) is 48.1 Å². The van der Waals surface area contributed by atoms with E-state index < -0.39 is 0 Å². The van der Waals surface area contributed by atoms with E-state index in [0.29, 0.717) is 0 Å². The molecule has 88 valence electrons. The maximum absolute atomic E-state index is 4.20. The predicted molar refractivity (Wildman–Crippen MR) is 73.5 cm³/mol. The zero-order valence-corrected chi connectivity index (χ0v) is 10.6. The Morgan fingerprint density at radius 3 is 2.69 bits per heavy atom. The summed E-state index contributed by atoms with van der Waals surface area (Å²) in [5.41, 5.74) is 4.30. The number of hydrogen-bond acceptors (Lipinski definition) is 0. The van der Waals surface area contributed by atoms with Crippen molar-refractivity contribution in [2.24, 2.45) is 0 Å². The van der Waals surface area contributed by atoms with Crippen molar-refractivity contribution in [1.29, 1.82) is 0 Å². The molecule has 0 aromatic carbocycles. The van der Waals surface area contributed by atoms with Crippen LogP contribution in [-0.2, 0) is 0 Å². The lowest BCUT2D eigenvalue weighted by Crippen LogP contribution is -1.94. The molecule has 0 saturated heterocycles. The van der Waals surface area contributed by atoms with Crippen molar-refractivity contribution in [2.45, 2.75) is 51.9 Å². The summed E-state index contributed by atoms with van der Waals surface area (Å²) in [6.07, 6.45) is 15.1. The molecule has 0 amide bonds. The normalized spacial score (nSPS) is 15.3. The topological polar surface area (TPSA) is 0 Å². The van der Waals surface area contributed by atoms with Crippen LogP contribution in [-0.4, -0.2) is 0 Å². The second-order valence-corrected chi connectivity index (χ2v) is 4.70. The highest BCUT2D eigenvalue weighted by Gasteiger charge is 2.06. The van der Waals surface area contributed by atoms with Crippen LogP contribution in [0.1, 0.15) is 51.9 Å². The molecular formula is C16H24. The summed E-state index contributed by atoms with van der Waals surface area (Å²) in [5, 5.41) is 0. The third kappa shape index (κ3) is 4.65. The van der Waals surface area contributed by atoms with E-state index >= 15 is 0 Å². The minimum absolute atomic E-state index is 1.15. The van der Waals surface area contributed by atoms with Gasteiger partial charge < -0.3 is 0 Å². The highest BCUT2D eigenvalue weighted by Crippen LogP contribution is 2.25. The zero-order valence-electron chi connectivity index (χ0n) is 10.6. The van der Waals surface area contributed by atoms with Gasteiger partial charge in [-0.25, -0.2) is 0 Å². The Morgan fingerprint density at radius 2 is 2.06 bits per heavy atom. The van der Waals surface area contributed by atoms with E-state index in [1.165, 1.54) is 48.8 Å². The molecule has 0 bridgehead atoms. The molecule has 0 heteroatoms. The van der Waals surface area contributed by atoms with Crippen molar-refractivity contribution in [3.63, 3.8) is 0 Å². The summed E-state index contributed by atoms with van der Waals surface area (Å²) < 4.78 is 0. The van der Waals surface area contributed by atoms with E-state index in [1.807, 2.05) is 6.08 Å². The number of unbranched alkanes of at least 4 members (excludes halogenated alkanes) is 3. The molecule has 0 fully saturated rings. The molecule has 0 nitrogen and oxygen atoms in total. The van der Waals surface area contributed by atoms with Crippen LogP contribution < -0.4 is 0 Å². The quantitative estimate of drug-likeness (QED) is 0.398. The molecule has 0 aromatic rings. The molecule has 16 heavy (non-hydrogen) atoms. The molecule has 0 aromatic heterocycles. The lowest BCUT2D eigenvalue weighted by Gasteiger charge is -2.14. The fraction of sp³-hybridized carbons (Fsp3) is 0.500. The van der Waals surface area contributed by atoms with E-state index in [9.17, 15) is 0 Å². The Bertz CT molecular complexity index is 302. The van der Waals surface area contributed by atoms with Gasteiger partial charge in [0.05, 0.1) is 0 Å². The Kier molecular flexibility index (Phi) is 5.92. The van der Waals surface area contributed by atoms with Crippen LogP contribution in [0.5, 0.6) is 0 Å². The first-order valence-electron chi connectivity index (χ1n) is 6.39. The van der Waals surface area contributed by atoms with Crippen molar-refractivity contribution in [3.8, 4) is 0 Å². The van der Waals surface area contributed by atoms with E-state index in [4.69, 9.17) is 0 Å². The maximum atomic E-state index is 4.20. The van der Waals surface area contributed by atoms with E-state index in [-0.39, 0.29) is 0 Å². The first kappa shape index (κ1) is 13.0. The van der Waals surface area contributed by atoms with Gasteiger partial charge in [-0.3, -0.25) is 0 Å². The second kappa shape index (κ2) is 7.27. The largest absolute Gasteiger partial charge is 0.103 e. The van der Waals surface area contributed by atoms with E-state index in [0.717, 1.165) is 12.8 Å². The lowest BCUT2D eigenvalue weighted by molar-refractivity contribution is 0.683. The SMILES string of the molecule is C=CCCCCCC(=C)C1=CC=C(C)CC1. The van der Waals surface area contributed by atoms with E-state index in [1.54, 1.807) is 0 Å². The van der Waals surface area contributed by atoms with Gasteiger partial charge in [0.1, 0.15) is 0 Å². The smallest absolute Gasteiger partial charge is 0.0239 e. The molecule has 0 unspecified atom stereocenters. The molecule has 0 saturated carbocycles. The molecule has 0 atom stereocenters. The van der Waals surface area contributed by atoms with Crippen LogP contribution in [0.4, 0.5) is 0 Å². The van der Waals surface area contributed by atoms with Crippen LogP contribution in [0.2, 0.25) is 0 Å². The summed E-state index contributed by atoms with van der Waals surface area (Å²) in [7, 11) is 0. The molecule has 1 rings (SSSR count). The first-order chi connectivity index (χ1) is 7.74. The summed E-state index contributed by atoms with van der Waals surface area (Å²) in [5.74, 6) is 0. The average Bonchev–Trinajstić information content (AvgIpc) is 2.29. The standard InChI is InChI=1S/C16H24/c1-4-5-6-7-8-9-15(3)16-12-10-14(2)11-13-16/h4,10,12H,1,3,5-9,11,13H2,2H3. The Balaban J connectivity index is 2.22. The molecule has 0 spiro atoms. The van der Waals surface area contributed by atoms with Gasteiger partial charge in [-0.15, -0.1) is 6.58 Å². The predicted octanol–water partition coefficient (Wildman–Crippen LogP) is 5.35. The lowest BCUT2D eigenvalue weighted by atomic mass is 9.92. The van der Waals surface area contributed by atoms with Crippen molar-refractivity contribution < 1.29 is 0 Å². The molecular weight excluding hydrogens is 192 g/mol. The summed E-state index contributed by atoms with van der Waals surface area (Å²) >= 11 is 0. The second-order valence-electron chi connectivity index (χ2n) is 4.70. The Hall–Kier alpha value is -1.04. The van der Waals surface area contributed by atoms with Crippen LogP contribution in [0.25, 0.3) is 0 Å². The number of rotatable bonds is 7. The average molecular weight is 216 g/mol. The van der Waals surface area contributed by atoms with Crippen LogP contribution >= 0.6 is 0 Å². The van der Waals surface area contributed by atoms with Gasteiger partial charge in [-0.2, -0.15) is 0 Å². The molecule has 1 aliphatic rings.